The number of hydrogen-bond donors (Lipinski definition) is 1. The second-order valence-electron chi connectivity index (χ2n) is 5.47. The van der Waals surface area contributed by atoms with Gasteiger partial charge in [0.05, 0.1) is 0 Å². The SMILES string of the molecule is COP(=O)(OC)C(NC1CCCCC1)c1ccc(Cl)cc1Cl. The monoisotopic (exact) mass is 365 g/mol. The van der Waals surface area contributed by atoms with Crippen molar-refractivity contribution in [3.8, 4) is 0 Å². The average Bonchev–Trinajstić information content (AvgIpc) is 2.53. The first-order chi connectivity index (χ1) is 10.5. The van der Waals surface area contributed by atoms with E-state index >= 15 is 0 Å². The van der Waals surface area contributed by atoms with Crippen LogP contribution in [-0.2, 0) is 13.6 Å². The van der Waals surface area contributed by atoms with Crippen LogP contribution in [-0.4, -0.2) is 20.3 Å². The van der Waals surface area contributed by atoms with Gasteiger partial charge >= 0.3 is 7.60 Å². The van der Waals surface area contributed by atoms with E-state index in [1.54, 1.807) is 18.2 Å². The first-order valence-corrected chi connectivity index (χ1v) is 9.79. The van der Waals surface area contributed by atoms with Gasteiger partial charge in [-0.2, -0.15) is 0 Å². The standard InChI is InChI=1S/C15H22Cl2NO3P/c1-20-22(19,21-2)15(18-12-6-4-3-5-7-12)13-9-8-11(16)10-14(13)17/h8-10,12,15,18H,3-7H2,1-2H3. The Morgan fingerprint density at radius 3 is 2.36 bits per heavy atom. The molecule has 1 aromatic carbocycles. The van der Waals surface area contributed by atoms with E-state index in [0.717, 1.165) is 12.8 Å². The smallest absolute Gasteiger partial charge is 0.311 e. The Morgan fingerprint density at radius 2 is 1.82 bits per heavy atom. The predicted molar refractivity (Wildman–Crippen MR) is 90.8 cm³/mol. The van der Waals surface area contributed by atoms with Crippen molar-refractivity contribution < 1.29 is 13.6 Å². The zero-order chi connectivity index (χ0) is 16.2. The summed E-state index contributed by atoms with van der Waals surface area (Å²) in [6, 6.07) is 5.43. The number of nitrogens with one attached hydrogen (secondary N) is 1. The molecule has 0 amide bonds. The van der Waals surface area contributed by atoms with Gasteiger partial charge in [0.2, 0.25) is 0 Å². The Bertz CT molecular complexity index is 542. The minimum Gasteiger partial charge on any atom is -0.311 e. The average molecular weight is 366 g/mol. The predicted octanol–water partition coefficient (Wildman–Crippen LogP) is 5.40. The fourth-order valence-corrected chi connectivity index (χ4v) is 4.98. The van der Waals surface area contributed by atoms with Crippen LogP contribution in [0.4, 0.5) is 0 Å². The minimum absolute atomic E-state index is 0.282. The summed E-state index contributed by atoms with van der Waals surface area (Å²) in [6.07, 6.45) is 5.69. The molecule has 22 heavy (non-hydrogen) atoms. The van der Waals surface area contributed by atoms with E-state index in [1.807, 2.05) is 0 Å². The molecule has 1 atom stereocenters. The highest BCUT2D eigenvalue weighted by Crippen LogP contribution is 2.59. The van der Waals surface area contributed by atoms with Crippen LogP contribution in [0, 0.1) is 0 Å². The summed E-state index contributed by atoms with van der Waals surface area (Å²) in [5.74, 6) is -0.602. The zero-order valence-corrected chi connectivity index (χ0v) is 15.3. The maximum atomic E-state index is 13.0. The molecule has 4 nitrogen and oxygen atoms in total. The summed E-state index contributed by atoms with van der Waals surface area (Å²) in [5, 5.41) is 4.43. The fourth-order valence-electron chi connectivity index (χ4n) is 2.85. The largest absolute Gasteiger partial charge is 0.351 e. The van der Waals surface area contributed by atoms with Crippen LogP contribution >= 0.6 is 30.8 Å². The van der Waals surface area contributed by atoms with Gasteiger partial charge in [0.1, 0.15) is 5.78 Å². The molecule has 1 aliphatic carbocycles. The van der Waals surface area contributed by atoms with Crippen LogP contribution in [0.2, 0.25) is 10.0 Å². The molecule has 0 spiro atoms. The van der Waals surface area contributed by atoms with E-state index in [2.05, 4.69) is 5.32 Å². The molecule has 0 aliphatic heterocycles. The number of benzene rings is 1. The van der Waals surface area contributed by atoms with Crippen molar-refractivity contribution in [3.05, 3.63) is 33.8 Å². The van der Waals surface area contributed by atoms with E-state index < -0.39 is 13.4 Å². The van der Waals surface area contributed by atoms with Gasteiger partial charge in [-0.25, -0.2) is 0 Å². The molecule has 7 heteroatoms. The number of halogens is 2. The Labute approximate surface area is 142 Å². The fraction of sp³-hybridized carbons (Fsp3) is 0.600. The summed E-state index contributed by atoms with van der Waals surface area (Å²) in [5.41, 5.74) is 0.684. The summed E-state index contributed by atoms with van der Waals surface area (Å²) in [4.78, 5) is 0. The quantitative estimate of drug-likeness (QED) is 0.685. The molecule has 1 unspecified atom stereocenters. The summed E-state index contributed by atoms with van der Waals surface area (Å²) >= 11 is 12.3. The number of rotatable bonds is 6. The van der Waals surface area contributed by atoms with Gasteiger partial charge < -0.3 is 9.05 Å². The van der Waals surface area contributed by atoms with Gasteiger partial charge in [0.25, 0.3) is 0 Å². The summed E-state index contributed by atoms with van der Waals surface area (Å²) in [7, 11) is -0.576. The van der Waals surface area contributed by atoms with Gasteiger partial charge in [0, 0.05) is 30.3 Å². The molecule has 0 saturated heterocycles. The normalized spacial score (nSPS) is 18.4. The third-order valence-corrected chi connectivity index (χ3v) is 6.72. The van der Waals surface area contributed by atoms with E-state index in [4.69, 9.17) is 32.2 Å². The zero-order valence-electron chi connectivity index (χ0n) is 12.9. The molecule has 124 valence electrons. The molecule has 1 aromatic rings. The minimum atomic E-state index is -3.36. The van der Waals surface area contributed by atoms with Crippen LogP contribution in [0.3, 0.4) is 0 Å². The lowest BCUT2D eigenvalue weighted by Gasteiger charge is -2.32. The van der Waals surface area contributed by atoms with Crippen LogP contribution < -0.4 is 5.32 Å². The maximum absolute atomic E-state index is 13.0. The van der Waals surface area contributed by atoms with Gasteiger partial charge in [-0.15, -0.1) is 0 Å². The molecule has 0 bridgehead atoms. The molecule has 0 radical (unpaired) electrons. The highest BCUT2D eigenvalue weighted by Gasteiger charge is 2.38. The third-order valence-electron chi connectivity index (χ3n) is 4.08. The van der Waals surface area contributed by atoms with Crippen molar-refractivity contribution in [2.45, 2.75) is 43.9 Å². The van der Waals surface area contributed by atoms with E-state index in [1.165, 1.54) is 33.5 Å². The van der Waals surface area contributed by atoms with Crippen LogP contribution in [0.5, 0.6) is 0 Å². The van der Waals surface area contributed by atoms with Crippen molar-refractivity contribution in [1.82, 2.24) is 5.32 Å². The first kappa shape index (κ1) is 18.3. The maximum Gasteiger partial charge on any atom is 0.351 e. The molecule has 0 aromatic heterocycles. The second-order valence-corrected chi connectivity index (χ2v) is 8.64. The second kappa shape index (κ2) is 8.14. The Kier molecular flexibility index (Phi) is 6.75. The lowest BCUT2D eigenvalue weighted by atomic mass is 9.95. The van der Waals surface area contributed by atoms with Crippen molar-refractivity contribution in [1.29, 1.82) is 0 Å². The number of hydrogen-bond acceptors (Lipinski definition) is 4. The van der Waals surface area contributed by atoms with Crippen LogP contribution in [0.25, 0.3) is 0 Å². The Balaban J connectivity index is 2.33. The van der Waals surface area contributed by atoms with Crippen molar-refractivity contribution in [3.63, 3.8) is 0 Å². The topological polar surface area (TPSA) is 47.6 Å². The summed E-state index contributed by atoms with van der Waals surface area (Å²) in [6.45, 7) is 0. The molecule has 1 fully saturated rings. The van der Waals surface area contributed by atoms with Crippen LogP contribution in [0.15, 0.2) is 18.2 Å². The molecular weight excluding hydrogens is 344 g/mol. The van der Waals surface area contributed by atoms with Gasteiger partial charge in [-0.3, -0.25) is 9.88 Å². The first-order valence-electron chi connectivity index (χ1n) is 7.42. The third kappa shape index (κ3) is 4.25. The van der Waals surface area contributed by atoms with E-state index in [9.17, 15) is 4.57 Å². The van der Waals surface area contributed by atoms with Gasteiger partial charge in [-0.05, 0) is 30.5 Å². The van der Waals surface area contributed by atoms with Crippen LogP contribution in [0.1, 0.15) is 43.5 Å². The van der Waals surface area contributed by atoms with Gasteiger partial charge in [-0.1, -0.05) is 48.5 Å². The van der Waals surface area contributed by atoms with Crippen molar-refractivity contribution >= 4 is 30.8 Å². The van der Waals surface area contributed by atoms with Gasteiger partial charge in [0.15, 0.2) is 0 Å². The Hall–Kier alpha value is -0.0900. The highest BCUT2D eigenvalue weighted by molar-refractivity contribution is 7.54. The summed E-state index contributed by atoms with van der Waals surface area (Å²) < 4.78 is 23.4. The van der Waals surface area contributed by atoms with Crippen molar-refractivity contribution in [2.24, 2.45) is 0 Å². The lowest BCUT2D eigenvalue weighted by Crippen LogP contribution is -2.35. The molecule has 1 saturated carbocycles. The van der Waals surface area contributed by atoms with E-state index in [0.29, 0.717) is 15.6 Å². The molecule has 2 rings (SSSR count). The van der Waals surface area contributed by atoms with Crippen molar-refractivity contribution in [2.75, 3.05) is 14.2 Å². The van der Waals surface area contributed by atoms with E-state index in [-0.39, 0.29) is 6.04 Å². The Morgan fingerprint density at radius 1 is 1.18 bits per heavy atom. The molecule has 0 heterocycles. The lowest BCUT2D eigenvalue weighted by molar-refractivity contribution is 0.249. The molecular formula is C15H22Cl2NO3P. The highest BCUT2D eigenvalue weighted by atomic mass is 35.5. The molecule has 1 N–H and O–H groups in total. The molecule has 1 aliphatic rings.